The fourth-order valence-corrected chi connectivity index (χ4v) is 2.25. The highest BCUT2D eigenvalue weighted by Gasteiger charge is 2.18. The van der Waals surface area contributed by atoms with Gasteiger partial charge in [-0.3, -0.25) is 4.79 Å². The molecule has 1 amide bonds. The molecule has 0 aliphatic heterocycles. The zero-order valence-electron chi connectivity index (χ0n) is 11.4. The molecular formula is C14H20ClN3O. The summed E-state index contributed by atoms with van der Waals surface area (Å²) < 4.78 is 0. The molecule has 19 heavy (non-hydrogen) atoms. The molecular weight excluding hydrogens is 262 g/mol. The first-order valence-corrected chi connectivity index (χ1v) is 7.26. The summed E-state index contributed by atoms with van der Waals surface area (Å²) in [7, 11) is 0. The number of nitrogens with zero attached hydrogens (tertiary/aromatic N) is 2. The quantitative estimate of drug-likeness (QED) is 0.902. The van der Waals surface area contributed by atoms with Crippen LogP contribution in [0.2, 0.25) is 5.02 Å². The van der Waals surface area contributed by atoms with E-state index in [9.17, 15) is 4.79 Å². The Morgan fingerprint density at radius 2 is 2.26 bits per heavy atom. The van der Waals surface area contributed by atoms with Crippen LogP contribution in [0, 0.1) is 5.92 Å². The van der Waals surface area contributed by atoms with Crippen molar-refractivity contribution >= 4 is 17.5 Å². The van der Waals surface area contributed by atoms with E-state index in [1.54, 1.807) is 0 Å². The third-order valence-corrected chi connectivity index (χ3v) is 3.83. The Morgan fingerprint density at radius 1 is 1.53 bits per heavy atom. The molecule has 4 nitrogen and oxygen atoms in total. The van der Waals surface area contributed by atoms with Gasteiger partial charge in [0.05, 0.1) is 11.2 Å². The number of hydrogen-bond donors (Lipinski definition) is 1. The minimum Gasteiger partial charge on any atom is -0.351 e. The van der Waals surface area contributed by atoms with Gasteiger partial charge in [0.25, 0.3) is 5.91 Å². The van der Waals surface area contributed by atoms with E-state index in [4.69, 9.17) is 11.6 Å². The summed E-state index contributed by atoms with van der Waals surface area (Å²) in [6, 6.07) is 0. The third-order valence-electron chi connectivity index (χ3n) is 3.56. The minimum atomic E-state index is -0.200. The summed E-state index contributed by atoms with van der Waals surface area (Å²) in [5.74, 6) is 1.41. The monoisotopic (exact) mass is 281 g/mol. The predicted octanol–water partition coefficient (Wildman–Crippen LogP) is 3.17. The maximum atomic E-state index is 12.0. The Balaban J connectivity index is 1.94. The van der Waals surface area contributed by atoms with Gasteiger partial charge in [-0.15, -0.1) is 0 Å². The molecule has 5 heteroatoms. The second kappa shape index (κ2) is 6.33. The van der Waals surface area contributed by atoms with Crippen molar-refractivity contribution in [3.05, 3.63) is 22.7 Å². The number of nitrogens with one attached hydrogen (secondary N) is 1. The Morgan fingerprint density at radius 3 is 2.84 bits per heavy atom. The van der Waals surface area contributed by atoms with Crippen LogP contribution in [0.15, 0.2) is 6.20 Å². The summed E-state index contributed by atoms with van der Waals surface area (Å²) in [6.45, 7) is 4.67. The summed E-state index contributed by atoms with van der Waals surface area (Å²) in [5.41, 5.74) is 0.286. The van der Waals surface area contributed by atoms with Crippen LogP contribution in [0.4, 0.5) is 0 Å². The van der Waals surface area contributed by atoms with Crippen molar-refractivity contribution in [2.75, 3.05) is 6.54 Å². The van der Waals surface area contributed by atoms with E-state index in [2.05, 4.69) is 15.3 Å². The van der Waals surface area contributed by atoms with Crippen LogP contribution in [0.3, 0.4) is 0 Å². The number of halogens is 1. The van der Waals surface area contributed by atoms with Crippen molar-refractivity contribution in [3.8, 4) is 0 Å². The van der Waals surface area contributed by atoms with Crippen LogP contribution in [-0.2, 0) is 0 Å². The smallest absolute Gasteiger partial charge is 0.271 e. The van der Waals surface area contributed by atoms with Gasteiger partial charge >= 0.3 is 0 Å². The van der Waals surface area contributed by atoms with Gasteiger partial charge < -0.3 is 5.32 Å². The number of carbonyl (C=O) groups is 1. The molecule has 0 saturated heterocycles. The lowest BCUT2D eigenvalue weighted by molar-refractivity contribution is 0.0943. The SMILES string of the molecule is CC(C)c1ncc(Cl)c(C(=O)NCCC2CCC2)n1. The lowest BCUT2D eigenvalue weighted by atomic mass is 9.83. The molecule has 0 unspecified atom stereocenters. The molecule has 104 valence electrons. The van der Waals surface area contributed by atoms with E-state index >= 15 is 0 Å². The second-order valence-corrected chi connectivity index (χ2v) is 5.83. The topological polar surface area (TPSA) is 54.9 Å². The zero-order valence-corrected chi connectivity index (χ0v) is 12.2. The molecule has 1 N–H and O–H groups in total. The van der Waals surface area contributed by atoms with Crippen LogP contribution in [-0.4, -0.2) is 22.4 Å². The largest absolute Gasteiger partial charge is 0.351 e. The molecule has 0 atom stereocenters. The molecule has 2 rings (SSSR count). The van der Waals surface area contributed by atoms with E-state index in [0.717, 1.165) is 12.3 Å². The molecule has 1 aromatic heterocycles. The van der Waals surface area contributed by atoms with Gasteiger partial charge in [0.1, 0.15) is 11.5 Å². The van der Waals surface area contributed by atoms with E-state index in [1.807, 2.05) is 13.8 Å². The summed E-state index contributed by atoms with van der Waals surface area (Å²) in [4.78, 5) is 20.4. The second-order valence-electron chi connectivity index (χ2n) is 5.42. The maximum absolute atomic E-state index is 12.0. The van der Waals surface area contributed by atoms with Crippen molar-refractivity contribution in [2.45, 2.75) is 45.4 Å². The first kappa shape index (κ1) is 14.3. The Kier molecular flexibility index (Phi) is 4.75. The third kappa shape index (κ3) is 3.66. The number of aromatic nitrogens is 2. The van der Waals surface area contributed by atoms with Crippen LogP contribution in [0.1, 0.15) is 61.8 Å². The molecule has 0 bridgehead atoms. The van der Waals surface area contributed by atoms with Gasteiger partial charge in [0.15, 0.2) is 0 Å². The average Bonchev–Trinajstić information content (AvgIpc) is 2.32. The molecule has 1 aliphatic rings. The van der Waals surface area contributed by atoms with Crippen LogP contribution >= 0.6 is 11.6 Å². The lowest BCUT2D eigenvalue weighted by Gasteiger charge is -2.25. The molecule has 1 saturated carbocycles. The summed E-state index contributed by atoms with van der Waals surface area (Å²) >= 11 is 5.99. The van der Waals surface area contributed by atoms with Gasteiger partial charge in [-0.05, 0) is 12.3 Å². The van der Waals surface area contributed by atoms with E-state index < -0.39 is 0 Å². The molecule has 1 fully saturated rings. The molecule has 0 spiro atoms. The van der Waals surface area contributed by atoms with Crippen LogP contribution in [0.5, 0.6) is 0 Å². The maximum Gasteiger partial charge on any atom is 0.271 e. The first-order valence-electron chi connectivity index (χ1n) is 6.88. The Bertz CT molecular complexity index is 458. The molecule has 1 aromatic rings. The van der Waals surface area contributed by atoms with E-state index in [1.165, 1.54) is 25.5 Å². The van der Waals surface area contributed by atoms with Crippen LogP contribution in [0.25, 0.3) is 0 Å². The van der Waals surface area contributed by atoms with E-state index in [0.29, 0.717) is 17.4 Å². The van der Waals surface area contributed by atoms with Crippen molar-refractivity contribution in [1.29, 1.82) is 0 Å². The standard InChI is InChI=1S/C14H20ClN3O/c1-9(2)13-17-8-11(15)12(18-13)14(19)16-7-6-10-4-3-5-10/h8-10H,3-7H2,1-2H3,(H,16,19). The molecule has 1 heterocycles. The van der Waals surface area contributed by atoms with Gasteiger partial charge in [-0.25, -0.2) is 9.97 Å². The highest BCUT2D eigenvalue weighted by atomic mass is 35.5. The zero-order chi connectivity index (χ0) is 13.8. The number of rotatable bonds is 5. The van der Waals surface area contributed by atoms with Crippen LogP contribution < -0.4 is 5.32 Å². The highest BCUT2D eigenvalue weighted by molar-refractivity contribution is 6.33. The normalized spacial score (nSPS) is 15.4. The summed E-state index contributed by atoms with van der Waals surface area (Å²) in [6.07, 6.45) is 6.47. The lowest BCUT2D eigenvalue weighted by Crippen LogP contribution is -2.28. The highest BCUT2D eigenvalue weighted by Crippen LogP contribution is 2.28. The number of hydrogen-bond acceptors (Lipinski definition) is 3. The summed E-state index contributed by atoms with van der Waals surface area (Å²) in [5, 5.41) is 3.20. The van der Waals surface area contributed by atoms with Crippen molar-refractivity contribution in [3.63, 3.8) is 0 Å². The minimum absolute atomic E-state index is 0.179. The van der Waals surface area contributed by atoms with E-state index in [-0.39, 0.29) is 17.5 Å². The average molecular weight is 282 g/mol. The first-order chi connectivity index (χ1) is 9.08. The Hall–Kier alpha value is -1.16. The number of carbonyl (C=O) groups excluding carboxylic acids is 1. The number of amides is 1. The predicted molar refractivity (Wildman–Crippen MR) is 75.4 cm³/mol. The van der Waals surface area contributed by atoms with Gasteiger partial charge in [-0.1, -0.05) is 44.7 Å². The van der Waals surface area contributed by atoms with Gasteiger partial charge in [-0.2, -0.15) is 0 Å². The van der Waals surface area contributed by atoms with Crippen molar-refractivity contribution in [2.24, 2.45) is 5.92 Å². The molecule has 1 aliphatic carbocycles. The van der Waals surface area contributed by atoms with Gasteiger partial charge in [0.2, 0.25) is 0 Å². The van der Waals surface area contributed by atoms with Crippen molar-refractivity contribution in [1.82, 2.24) is 15.3 Å². The van der Waals surface area contributed by atoms with Gasteiger partial charge in [0, 0.05) is 12.5 Å². The fourth-order valence-electron chi connectivity index (χ4n) is 2.07. The molecule has 0 aromatic carbocycles. The van der Waals surface area contributed by atoms with Crippen molar-refractivity contribution < 1.29 is 4.79 Å². The fraction of sp³-hybridized carbons (Fsp3) is 0.643. The molecule has 0 radical (unpaired) electrons. The Labute approximate surface area is 119 Å².